The number of fused-ring (bicyclic) bond motifs is 2. The van der Waals surface area contributed by atoms with E-state index in [1.807, 2.05) is 0 Å². The molecular weight excluding hydrogens is 312 g/mol. The zero-order chi connectivity index (χ0) is 16.7. The standard InChI is InChI=1S/C17H12N2O5/c20-15(9-4-5-12-13(8-9)24-7-6-23-12)18-11-3-1-2-10-14(11)17(22)19-16(10)21/h1-5,8H,6-7H2,(H,18,20)(H,19,21,22). The van der Waals surface area contributed by atoms with Crippen LogP contribution in [0.25, 0.3) is 0 Å². The Balaban J connectivity index is 1.64. The molecule has 120 valence electrons. The van der Waals surface area contributed by atoms with Gasteiger partial charge in [0.2, 0.25) is 0 Å². The van der Waals surface area contributed by atoms with Crippen LogP contribution in [0.4, 0.5) is 5.69 Å². The van der Waals surface area contributed by atoms with Crippen molar-refractivity contribution in [1.82, 2.24) is 5.32 Å². The number of anilines is 1. The van der Waals surface area contributed by atoms with Crippen LogP contribution in [0.2, 0.25) is 0 Å². The average molecular weight is 324 g/mol. The molecule has 3 amide bonds. The van der Waals surface area contributed by atoms with Crippen LogP contribution in [-0.2, 0) is 0 Å². The summed E-state index contributed by atoms with van der Waals surface area (Å²) in [5.41, 5.74) is 1.07. The highest BCUT2D eigenvalue weighted by atomic mass is 16.6. The number of ether oxygens (including phenoxy) is 2. The Bertz CT molecular complexity index is 891. The van der Waals surface area contributed by atoms with Gasteiger partial charge in [0, 0.05) is 5.56 Å². The fourth-order valence-electron chi connectivity index (χ4n) is 2.70. The Morgan fingerprint density at radius 2 is 1.79 bits per heavy atom. The van der Waals surface area contributed by atoms with Crippen LogP contribution in [0, 0.1) is 0 Å². The van der Waals surface area contributed by atoms with Gasteiger partial charge in [-0.3, -0.25) is 19.7 Å². The summed E-state index contributed by atoms with van der Waals surface area (Å²) < 4.78 is 10.9. The summed E-state index contributed by atoms with van der Waals surface area (Å²) in [7, 11) is 0. The molecule has 0 aromatic heterocycles. The highest BCUT2D eigenvalue weighted by Crippen LogP contribution is 2.31. The van der Waals surface area contributed by atoms with Gasteiger partial charge in [-0.15, -0.1) is 0 Å². The third-order valence-electron chi connectivity index (χ3n) is 3.82. The van der Waals surface area contributed by atoms with Crippen LogP contribution in [-0.4, -0.2) is 30.9 Å². The van der Waals surface area contributed by atoms with E-state index in [1.54, 1.807) is 30.3 Å². The van der Waals surface area contributed by atoms with Crippen LogP contribution in [0.1, 0.15) is 31.1 Å². The normalized spacial score (nSPS) is 14.8. The molecule has 2 N–H and O–H groups in total. The zero-order valence-corrected chi connectivity index (χ0v) is 12.4. The second kappa shape index (κ2) is 5.38. The molecule has 0 fully saturated rings. The minimum absolute atomic E-state index is 0.174. The molecule has 2 aromatic rings. The Kier molecular flexibility index (Phi) is 3.19. The molecule has 2 aromatic carbocycles. The average Bonchev–Trinajstić information content (AvgIpc) is 2.89. The molecule has 7 heteroatoms. The second-order valence-corrected chi connectivity index (χ2v) is 5.32. The van der Waals surface area contributed by atoms with Crippen LogP contribution in [0.3, 0.4) is 0 Å². The van der Waals surface area contributed by atoms with Crippen LogP contribution in [0.15, 0.2) is 36.4 Å². The van der Waals surface area contributed by atoms with E-state index in [-0.39, 0.29) is 16.8 Å². The zero-order valence-electron chi connectivity index (χ0n) is 12.4. The molecule has 0 saturated heterocycles. The van der Waals surface area contributed by atoms with Crippen molar-refractivity contribution < 1.29 is 23.9 Å². The summed E-state index contributed by atoms with van der Waals surface area (Å²) in [4.78, 5) is 36.0. The van der Waals surface area contributed by atoms with Crippen molar-refractivity contribution in [1.29, 1.82) is 0 Å². The van der Waals surface area contributed by atoms with Crippen molar-refractivity contribution >= 4 is 23.4 Å². The maximum absolute atomic E-state index is 12.5. The molecule has 0 aliphatic carbocycles. The van der Waals surface area contributed by atoms with Gasteiger partial charge in [0.05, 0.1) is 16.8 Å². The van der Waals surface area contributed by atoms with Gasteiger partial charge >= 0.3 is 0 Å². The predicted molar refractivity (Wildman–Crippen MR) is 83.6 cm³/mol. The van der Waals surface area contributed by atoms with Crippen molar-refractivity contribution in [3.8, 4) is 11.5 Å². The fourth-order valence-corrected chi connectivity index (χ4v) is 2.70. The second-order valence-electron chi connectivity index (χ2n) is 5.32. The Labute approximate surface area is 136 Å². The number of amides is 3. The summed E-state index contributed by atoms with van der Waals surface area (Å²) in [6.45, 7) is 0.893. The molecule has 0 spiro atoms. The molecule has 0 bridgehead atoms. The number of hydrogen-bond acceptors (Lipinski definition) is 5. The first kappa shape index (κ1) is 14.3. The van der Waals surface area contributed by atoms with E-state index < -0.39 is 17.7 Å². The summed E-state index contributed by atoms with van der Waals surface area (Å²) >= 11 is 0. The first-order valence-corrected chi connectivity index (χ1v) is 7.33. The van der Waals surface area contributed by atoms with Crippen molar-refractivity contribution in [3.63, 3.8) is 0 Å². The van der Waals surface area contributed by atoms with Crippen LogP contribution in [0.5, 0.6) is 11.5 Å². The van der Waals surface area contributed by atoms with Gasteiger partial charge in [0.15, 0.2) is 11.5 Å². The molecule has 0 unspecified atom stereocenters. The van der Waals surface area contributed by atoms with E-state index in [0.29, 0.717) is 30.3 Å². The highest BCUT2D eigenvalue weighted by Gasteiger charge is 2.30. The van der Waals surface area contributed by atoms with Gasteiger partial charge in [0.25, 0.3) is 17.7 Å². The molecule has 2 heterocycles. The SMILES string of the molecule is O=C(Nc1cccc2c1C(=O)NC2=O)c1ccc2c(c1)OCCO2. The van der Waals surface area contributed by atoms with Crippen LogP contribution >= 0.6 is 0 Å². The molecule has 0 radical (unpaired) electrons. The van der Waals surface area contributed by atoms with E-state index in [0.717, 1.165) is 0 Å². The fraction of sp³-hybridized carbons (Fsp3) is 0.118. The summed E-state index contributed by atoms with van der Waals surface area (Å²) in [5.74, 6) is -0.311. The Morgan fingerprint density at radius 3 is 2.62 bits per heavy atom. The van der Waals surface area contributed by atoms with Crippen molar-refractivity contribution in [2.75, 3.05) is 18.5 Å². The molecule has 24 heavy (non-hydrogen) atoms. The van der Waals surface area contributed by atoms with Crippen LogP contribution < -0.4 is 20.1 Å². The van der Waals surface area contributed by atoms with E-state index >= 15 is 0 Å². The van der Waals surface area contributed by atoms with E-state index in [4.69, 9.17) is 9.47 Å². The number of imide groups is 1. The molecule has 2 aliphatic heterocycles. The summed E-state index contributed by atoms with van der Waals surface area (Å²) in [6, 6.07) is 9.57. The lowest BCUT2D eigenvalue weighted by Gasteiger charge is -2.18. The van der Waals surface area contributed by atoms with Gasteiger partial charge in [0.1, 0.15) is 13.2 Å². The number of carbonyl (C=O) groups excluding carboxylic acids is 3. The molecule has 0 saturated carbocycles. The number of hydrogen-bond donors (Lipinski definition) is 2. The van der Waals surface area contributed by atoms with Gasteiger partial charge in [-0.05, 0) is 30.3 Å². The van der Waals surface area contributed by atoms with Crippen molar-refractivity contribution in [3.05, 3.63) is 53.1 Å². The van der Waals surface area contributed by atoms with E-state index in [1.165, 1.54) is 6.07 Å². The maximum atomic E-state index is 12.5. The van der Waals surface area contributed by atoms with Crippen molar-refractivity contribution in [2.24, 2.45) is 0 Å². The highest BCUT2D eigenvalue weighted by molar-refractivity contribution is 6.25. The largest absolute Gasteiger partial charge is 0.486 e. The first-order valence-electron chi connectivity index (χ1n) is 7.33. The molecule has 0 atom stereocenters. The molecular formula is C17H12N2O5. The lowest BCUT2D eigenvalue weighted by Crippen LogP contribution is -2.21. The smallest absolute Gasteiger partial charge is 0.261 e. The third kappa shape index (κ3) is 2.26. The summed E-state index contributed by atoms with van der Waals surface area (Å²) in [5, 5.41) is 4.88. The lowest BCUT2D eigenvalue weighted by molar-refractivity contribution is 0.0879. The summed E-state index contributed by atoms with van der Waals surface area (Å²) in [6.07, 6.45) is 0. The first-order chi connectivity index (χ1) is 11.6. The molecule has 4 rings (SSSR count). The minimum Gasteiger partial charge on any atom is -0.486 e. The van der Waals surface area contributed by atoms with Gasteiger partial charge in [-0.1, -0.05) is 6.07 Å². The Morgan fingerprint density at radius 1 is 1.00 bits per heavy atom. The van der Waals surface area contributed by atoms with Gasteiger partial charge in [-0.25, -0.2) is 0 Å². The lowest BCUT2D eigenvalue weighted by atomic mass is 10.1. The number of rotatable bonds is 2. The maximum Gasteiger partial charge on any atom is 0.261 e. The van der Waals surface area contributed by atoms with Gasteiger partial charge < -0.3 is 14.8 Å². The number of nitrogens with one attached hydrogen (secondary N) is 2. The minimum atomic E-state index is -0.520. The number of carbonyl (C=O) groups is 3. The monoisotopic (exact) mass is 324 g/mol. The molecule has 2 aliphatic rings. The molecule has 7 nitrogen and oxygen atoms in total. The van der Waals surface area contributed by atoms with E-state index in [2.05, 4.69) is 10.6 Å². The van der Waals surface area contributed by atoms with Gasteiger partial charge in [-0.2, -0.15) is 0 Å². The predicted octanol–water partition coefficient (Wildman–Crippen LogP) is 1.59. The topological polar surface area (TPSA) is 93.7 Å². The quantitative estimate of drug-likeness (QED) is 0.818. The van der Waals surface area contributed by atoms with E-state index in [9.17, 15) is 14.4 Å². The number of benzene rings is 2. The Hall–Kier alpha value is -3.35. The third-order valence-corrected chi connectivity index (χ3v) is 3.82. The van der Waals surface area contributed by atoms with Crippen molar-refractivity contribution in [2.45, 2.75) is 0 Å².